The maximum Gasteiger partial charge on any atom is 0.181 e. The maximum atomic E-state index is 12.6. The first-order valence-electron chi connectivity index (χ1n) is 13.6. The van der Waals surface area contributed by atoms with Crippen molar-refractivity contribution in [3.63, 3.8) is 0 Å². The molecule has 0 saturated carbocycles. The number of rotatable bonds is 5. The molecule has 2 N–H and O–H groups in total. The second-order valence-electron chi connectivity index (χ2n) is 10.6. The van der Waals surface area contributed by atoms with Gasteiger partial charge in [0.15, 0.2) is 11.6 Å². The van der Waals surface area contributed by atoms with Gasteiger partial charge in [-0.2, -0.15) is 0 Å². The van der Waals surface area contributed by atoms with Gasteiger partial charge in [-0.25, -0.2) is 0 Å². The highest BCUT2D eigenvalue weighted by atomic mass is 16.1. The van der Waals surface area contributed by atoms with Crippen molar-refractivity contribution in [1.82, 2.24) is 19.8 Å². The summed E-state index contributed by atoms with van der Waals surface area (Å²) in [6.07, 6.45) is 8.10. The molecule has 37 heavy (non-hydrogen) atoms. The van der Waals surface area contributed by atoms with Crippen LogP contribution < -0.4 is 10.6 Å². The predicted octanol–water partition coefficient (Wildman–Crippen LogP) is 5.33. The van der Waals surface area contributed by atoms with Crippen LogP contribution in [0.3, 0.4) is 0 Å². The van der Waals surface area contributed by atoms with Crippen LogP contribution in [-0.4, -0.2) is 45.9 Å². The van der Waals surface area contributed by atoms with E-state index in [1.165, 1.54) is 11.1 Å². The summed E-state index contributed by atoms with van der Waals surface area (Å²) in [6, 6.07) is 12.7. The van der Waals surface area contributed by atoms with Gasteiger partial charge in [0, 0.05) is 58.9 Å². The average Bonchev–Trinajstić information content (AvgIpc) is 3.70. The van der Waals surface area contributed by atoms with Gasteiger partial charge < -0.3 is 19.8 Å². The van der Waals surface area contributed by atoms with Crippen LogP contribution in [0.4, 0.5) is 0 Å². The Kier molecular flexibility index (Phi) is 7.31. The van der Waals surface area contributed by atoms with E-state index in [0.29, 0.717) is 0 Å². The molecular formula is C31H38N4O2. The summed E-state index contributed by atoms with van der Waals surface area (Å²) in [4.78, 5) is 25.1. The molecule has 2 fully saturated rings. The lowest BCUT2D eigenvalue weighted by molar-refractivity contribution is 0.0946. The molecule has 2 unspecified atom stereocenters. The fourth-order valence-electron chi connectivity index (χ4n) is 5.76. The van der Waals surface area contributed by atoms with E-state index in [-0.39, 0.29) is 23.7 Å². The number of hydrogen-bond donors (Lipinski definition) is 2. The summed E-state index contributed by atoms with van der Waals surface area (Å²) in [5, 5.41) is 8.76. The Balaban J connectivity index is 0.000000152. The molecule has 2 aliphatic rings. The Morgan fingerprint density at radius 3 is 1.84 bits per heavy atom. The van der Waals surface area contributed by atoms with E-state index in [1.807, 2.05) is 24.0 Å². The number of ketones is 2. The van der Waals surface area contributed by atoms with Crippen molar-refractivity contribution in [2.24, 2.45) is 7.05 Å². The third-order valence-corrected chi connectivity index (χ3v) is 7.81. The van der Waals surface area contributed by atoms with Gasteiger partial charge in [-0.15, -0.1) is 0 Å². The van der Waals surface area contributed by atoms with E-state index >= 15 is 0 Å². The van der Waals surface area contributed by atoms with Crippen molar-refractivity contribution >= 4 is 33.4 Å². The van der Waals surface area contributed by atoms with Gasteiger partial charge in [-0.3, -0.25) is 9.59 Å². The van der Waals surface area contributed by atoms with Gasteiger partial charge in [0.25, 0.3) is 0 Å². The molecule has 2 aromatic carbocycles. The second kappa shape index (κ2) is 10.6. The van der Waals surface area contributed by atoms with E-state index in [2.05, 4.69) is 72.4 Å². The number of fused-ring (bicyclic) bond motifs is 2. The number of nitrogens with one attached hydrogen (secondary N) is 2. The number of aromatic nitrogens is 2. The summed E-state index contributed by atoms with van der Waals surface area (Å²) in [7, 11) is 2.00. The van der Waals surface area contributed by atoms with E-state index in [4.69, 9.17) is 0 Å². The van der Waals surface area contributed by atoms with E-state index in [1.54, 1.807) is 0 Å². The molecule has 0 bridgehead atoms. The number of carbonyl (C=O) groups is 2. The SMILES string of the molecule is CCn1cc(C(=O)C2CCCN2)c2cc(C)ccc21.Cc1ccc2c(c1)c(C(=O)C1CCCN1)cn2C. The van der Waals surface area contributed by atoms with Crippen LogP contribution in [0.15, 0.2) is 48.8 Å². The zero-order valence-electron chi connectivity index (χ0n) is 22.4. The zero-order valence-corrected chi connectivity index (χ0v) is 22.4. The fourth-order valence-corrected chi connectivity index (χ4v) is 5.76. The molecule has 4 heterocycles. The van der Waals surface area contributed by atoms with Gasteiger partial charge in [0.05, 0.1) is 12.1 Å². The minimum absolute atomic E-state index is 0.0103. The molecule has 0 aliphatic carbocycles. The second-order valence-corrected chi connectivity index (χ2v) is 10.6. The number of aryl methyl sites for hydroxylation is 4. The Morgan fingerprint density at radius 1 is 0.811 bits per heavy atom. The standard InChI is InChI=1S/C16H20N2O.C15H18N2O/c1-3-18-10-13(16(19)14-5-4-8-17-14)12-9-11(2)6-7-15(12)18;1-10-5-6-14-11(8-10)12(9-17(14)2)15(18)13-4-3-7-16-13/h6-7,9-10,14,17H,3-5,8H2,1-2H3;5-6,8-9,13,16H,3-4,7H2,1-2H3. The molecule has 0 spiro atoms. The molecule has 2 atom stereocenters. The minimum Gasteiger partial charge on any atom is -0.350 e. The molecule has 2 saturated heterocycles. The molecule has 2 aliphatic heterocycles. The first-order valence-corrected chi connectivity index (χ1v) is 13.6. The number of benzene rings is 2. The van der Waals surface area contributed by atoms with Crippen molar-refractivity contribution in [2.75, 3.05) is 13.1 Å². The number of nitrogens with zero attached hydrogens (tertiary/aromatic N) is 2. The average molecular weight is 499 g/mol. The normalized spacial score (nSPS) is 19.4. The number of hydrogen-bond acceptors (Lipinski definition) is 4. The Hall–Kier alpha value is -3.22. The van der Waals surface area contributed by atoms with Crippen LogP contribution in [0.25, 0.3) is 21.8 Å². The van der Waals surface area contributed by atoms with E-state index in [0.717, 1.165) is 78.3 Å². The van der Waals surface area contributed by atoms with Gasteiger partial charge in [-0.05, 0) is 83.8 Å². The van der Waals surface area contributed by atoms with Crippen molar-refractivity contribution in [3.05, 3.63) is 71.0 Å². The van der Waals surface area contributed by atoms with Crippen LogP contribution in [-0.2, 0) is 13.6 Å². The molecule has 2 aromatic heterocycles. The zero-order chi connectivity index (χ0) is 26.1. The fraction of sp³-hybridized carbons (Fsp3) is 0.419. The minimum atomic E-state index is 0.0103. The Morgan fingerprint density at radius 2 is 1.32 bits per heavy atom. The highest BCUT2D eigenvalue weighted by Gasteiger charge is 2.27. The largest absolute Gasteiger partial charge is 0.350 e. The smallest absolute Gasteiger partial charge is 0.181 e. The summed E-state index contributed by atoms with van der Waals surface area (Å²) < 4.78 is 4.20. The van der Waals surface area contributed by atoms with E-state index in [9.17, 15) is 9.59 Å². The molecule has 194 valence electrons. The van der Waals surface area contributed by atoms with Gasteiger partial charge in [-0.1, -0.05) is 23.3 Å². The maximum absolute atomic E-state index is 12.6. The molecule has 0 amide bonds. The monoisotopic (exact) mass is 498 g/mol. The summed E-state index contributed by atoms with van der Waals surface area (Å²) >= 11 is 0. The van der Waals surface area contributed by atoms with Crippen molar-refractivity contribution in [2.45, 2.75) is 65.1 Å². The molecule has 6 heteroatoms. The Labute approximate surface area is 219 Å². The van der Waals surface area contributed by atoms with Crippen molar-refractivity contribution < 1.29 is 9.59 Å². The van der Waals surface area contributed by atoms with Crippen LogP contribution in [0.2, 0.25) is 0 Å². The summed E-state index contributed by atoms with van der Waals surface area (Å²) in [6.45, 7) is 9.06. The highest BCUT2D eigenvalue weighted by molar-refractivity contribution is 6.11. The third kappa shape index (κ3) is 5.00. The molecule has 6 rings (SSSR count). The highest BCUT2D eigenvalue weighted by Crippen LogP contribution is 2.26. The van der Waals surface area contributed by atoms with E-state index < -0.39 is 0 Å². The van der Waals surface area contributed by atoms with Crippen LogP contribution >= 0.6 is 0 Å². The quantitative estimate of drug-likeness (QED) is 0.365. The molecule has 0 radical (unpaired) electrons. The first kappa shape index (κ1) is 25.4. The summed E-state index contributed by atoms with van der Waals surface area (Å²) in [5.41, 5.74) is 6.42. The van der Waals surface area contributed by atoms with Gasteiger partial charge in [0.1, 0.15) is 0 Å². The predicted molar refractivity (Wildman–Crippen MR) is 151 cm³/mol. The number of Topliss-reactive ketones (excluding diaryl/α,β-unsaturated/α-hetero) is 2. The lowest BCUT2D eigenvalue weighted by Crippen LogP contribution is -2.30. The van der Waals surface area contributed by atoms with Crippen LogP contribution in [0.1, 0.15) is 64.4 Å². The summed E-state index contributed by atoms with van der Waals surface area (Å²) in [5.74, 6) is 0.490. The third-order valence-electron chi connectivity index (χ3n) is 7.81. The first-order chi connectivity index (χ1) is 17.9. The van der Waals surface area contributed by atoms with Gasteiger partial charge in [0.2, 0.25) is 0 Å². The van der Waals surface area contributed by atoms with Crippen molar-refractivity contribution in [3.8, 4) is 0 Å². The molecular weight excluding hydrogens is 460 g/mol. The van der Waals surface area contributed by atoms with Crippen LogP contribution in [0, 0.1) is 13.8 Å². The van der Waals surface area contributed by atoms with Crippen molar-refractivity contribution in [1.29, 1.82) is 0 Å². The lowest BCUT2D eigenvalue weighted by Gasteiger charge is -2.07. The Bertz CT molecular complexity index is 1450. The molecule has 4 aromatic rings. The lowest BCUT2D eigenvalue weighted by atomic mass is 10.0. The molecule has 6 nitrogen and oxygen atoms in total. The van der Waals surface area contributed by atoms with Crippen LogP contribution in [0.5, 0.6) is 0 Å². The number of carbonyl (C=O) groups excluding carboxylic acids is 2. The van der Waals surface area contributed by atoms with Gasteiger partial charge >= 0.3 is 0 Å². The topological polar surface area (TPSA) is 68.1 Å².